The first kappa shape index (κ1) is 20.6. The Morgan fingerprint density at radius 1 is 1.03 bits per heavy atom. The minimum Gasteiger partial charge on any atom is -0.492 e. The molecule has 0 unspecified atom stereocenters. The number of para-hydroxylation sites is 2. The zero-order chi connectivity index (χ0) is 20.8. The lowest BCUT2D eigenvalue weighted by atomic mass is 10.3. The van der Waals surface area contributed by atoms with Crippen LogP contribution in [0.3, 0.4) is 0 Å². The van der Waals surface area contributed by atoms with E-state index >= 15 is 0 Å². The Morgan fingerprint density at radius 2 is 1.66 bits per heavy atom. The molecule has 0 N–H and O–H groups in total. The van der Waals surface area contributed by atoms with Crippen LogP contribution >= 0.6 is 0 Å². The molecule has 0 aliphatic carbocycles. The van der Waals surface area contributed by atoms with Gasteiger partial charge in [0, 0.05) is 26.6 Å². The molecule has 29 heavy (non-hydrogen) atoms. The molecule has 1 heterocycles. The number of aryl methyl sites for hydroxylation is 2. The third-order valence-corrected chi connectivity index (χ3v) is 4.86. The van der Waals surface area contributed by atoms with Crippen molar-refractivity contribution in [2.24, 2.45) is 0 Å². The molecule has 0 bridgehead atoms. The summed E-state index contributed by atoms with van der Waals surface area (Å²) < 4.78 is 21.9. The smallest absolute Gasteiger partial charge is 0.329 e. The number of rotatable bonds is 9. The number of benzene rings is 2. The molecule has 0 aliphatic heterocycles. The maximum atomic E-state index is 12.9. The van der Waals surface area contributed by atoms with E-state index in [0.29, 0.717) is 32.0 Å². The molecular weight excluding hydrogens is 373 g/mol. The molecule has 0 aliphatic rings. The lowest BCUT2D eigenvalue weighted by molar-refractivity contribution is -0.130. The fraction of sp³-hybridized carbons (Fsp3) is 0.364. The predicted octanol–water partition coefficient (Wildman–Crippen LogP) is 3.28. The fourth-order valence-corrected chi connectivity index (χ4v) is 3.28. The highest BCUT2D eigenvalue weighted by atomic mass is 19.1. The average molecular weight is 399 g/mol. The largest absolute Gasteiger partial charge is 0.492 e. The minimum atomic E-state index is -0.319. The SMILES string of the molecule is CCCn1c(=O)n(CCC(=O)N(C)CCOc2ccc(F)cc2)c2ccccc21. The highest BCUT2D eigenvalue weighted by Crippen LogP contribution is 2.14. The summed E-state index contributed by atoms with van der Waals surface area (Å²) >= 11 is 0. The summed E-state index contributed by atoms with van der Waals surface area (Å²) in [5.74, 6) is 0.176. The van der Waals surface area contributed by atoms with Gasteiger partial charge in [-0.3, -0.25) is 13.9 Å². The third kappa shape index (κ3) is 4.85. The van der Waals surface area contributed by atoms with Crippen molar-refractivity contribution < 1.29 is 13.9 Å². The molecule has 1 amide bonds. The summed E-state index contributed by atoms with van der Waals surface area (Å²) in [7, 11) is 1.71. The van der Waals surface area contributed by atoms with Gasteiger partial charge < -0.3 is 9.64 Å². The first-order valence-electron chi connectivity index (χ1n) is 9.81. The summed E-state index contributed by atoms with van der Waals surface area (Å²) in [5, 5.41) is 0. The van der Waals surface area contributed by atoms with Gasteiger partial charge in [0.05, 0.1) is 17.6 Å². The number of likely N-dealkylation sites (N-methyl/N-ethyl adjacent to an activating group) is 1. The number of ether oxygens (including phenoxy) is 1. The van der Waals surface area contributed by atoms with Gasteiger partial charge in [-0.05, 0) is 42.8 Å². The monoisotopic (exact) mass is 399 g/mol. The molecule has 2 aromatic carbocycles. The number of amides is 1. The Balaban J connectivity index is 1.58. The number of halogens is 1. The molecule has 0 fully saturated rings. The van der Waals surface area contributed by atoms with E-state index in [4.69, 9.17) is 4.74 Å². The zero-order valence-electron chi connectivity index (χ0n) is 16.8. The number of fused-ring (bicyclic) bond motifs is 1. The molecule has 0 saturated carbocycles. The fourth-order valence-electron chi connectivity index (χ4n) is 3.28. The first-order valence-corrected chi connectivity index (χ1v) is 9.81. The number of hydrogen-bond acceptors (Lipinski definition) is 3. The van der Waals surface area contributed by atoms with Crippen molar-refractivity contribution in [1.29, 1.82) is 0 Å². The lowest BCUT2D eigenvalue weighted by Gasteiger charge is -2.17. The van der Waals surface area contributed by atoms with E-state index in [9.17, 15) is 14.0 Å². The lowest BCUT2D eigenvalue weighted by Crippen LogP contribution is -2.32. The normalized spacial score (nSPS) is 11.0. The van der Waals surface area contributed by atoms with Crippen LogP contribution in [0.5, 0.6) is 5.75 Å². The maximum absolute atomic E-state index is 12.9. The number of aromatic nitrogens is 2. The average Bonchev–Trinajstić information content (AvgIpc) is 2.99. The quantitative estimate of drug-likeness (QED) is 0.555. The summed E-state index contributed by atoms with van der Waals surface area (Å²) in [6.07, 6.45) is 1.09. The second-order valence-corrected chi connectivity index (χ2v) is 6.94. The molecule has 0 spiro atoms. The van der Waals surface area contributed by atoms with E-state index in [0.717, 1.165) is 17.5 Å². The number of nitrogens with zero attached hydrogens (tertiary/aromatic N) is 3. The molecular formula is C22H26FN3O3. The number of carbonyl (C=O) groups excluding carboxylic acids is 1. The van der Waals surface area contributed by atoms with Gasteiger partial charge in [0.1, 0.15) is 18.2 Å². The van der Waals surface area contributed by atoms with Crippen molar-refractivity contribution in [1.82, 2.24) is 14.0 Å². The highest BCUT2D eigenvalue weighted by Gasteiger charge is 2.15. The van der Waals surface area contributed by atoms with Gasteiger partial charge in [-0.2, -0.15) is 0 Å². The van der Waals surface area contributed by atoms with Gasteiger partial charge in [0.15, 0.2) is 0 Å². The van der Waals surface area contributed by atoms with E-state index in [-0.39, 0.29) is 23.8 Å². The van der Waals surface area contributed by atoms with E-state index in [1.165, 1.54) is 12.1 Å². The molecule has 6 nitrogen and oxygen atoms in total. The molecule has 3 rings (SSSR count). The Hall–Kier alpha value is -3.09. The van der Waals surface area contributed by atoms with E-state index in [1.54, 1.807) is 33.2 Å². The van der Waals surface area contributed by atoms with Gasteiger partial charge in [0.2, 0.25) is 5.91 Å². The van der Waals surface area contributed by atoms with Crippen LogP contribution in [-0.4, -0.2) is 40.1 Å². The van der Waals surface area contributed by atoms with Gasteiger partial charge in [-0.25, -0.2) is 9.18 Å². The molecule has 0 atom stereocenters. The molecule has 0 radical (unpaired) electrons. The zero-order valence-corrected chi connectivity index (χ0v) is 16.8. The van der Waals surface area contributed by atoms with Gasteiger partial charge in [-0.1, -0.05) is 19.1 Å². The first-order chi connectivity index (χ1) is 14.0. The Kier molecular flexibility index (Phi) is 6.69. The molecule has 1 aromatic heterocycles. The van der Waals surface area contributed by atoms with Crippen LogP contribution in [0, 0.1) is 5.82 Å². The number of carbonyl (C=O) groups is 1. The number of imidazole rings is 1. The van der Waals surface area contributed by atoms with Crippen LogP contribution in [0.4, 0.5) is 4.39 Å². The van der Waals surface area contributed by atoms with Crippen molar-refractivity contribution in [3.63, 3.8) is 0 Å². The summed E-state index contributed by atoms with van der Waals surface area (Å²) in [5.41, 5.74) is 1.66. The Bertz CT molecular complexity index is 1020. The van der Waals surface area contributed by atoms with Crippen molar-refractivity contribution in [2.45, 2.75) is 32.9 Å². The van der Waals surface area contributed by atoms with E-state index in [1.807, 2.05) is 31.2 Å². The van der Waals surface area contributed by atoms with Crippen LogP contribution in [0.1, 0.15) is 19.8 Å². The second-order valence-electron chi connectivity index (χ2n) is 6.94. The molecule has 154 valence electrons. The molecule has 3 aromatic rings. The van der Waals surface area contributed by atoms with Crippen molar-refractivity contribution >= 4 is 16.9 Å². The maximum Gasteiger partial charge on any atom is 0.329 e. The standard InChI is InChI=1S/C22H26FN3O3/c1-3-13-25-19-6-4-5-7-20(19)26(22(25)28)14-12-21(27)24(2)15-16-29-18-10-8-17(23)9-11-18/h4-11H,3,12-16H2,1-2H3. The van der Waals surface area contributed by atoms with Crippen LogP contribution in [-0.2, 0) is 17.9 Å². The van der Waals surface area contributed by atoms with Gasteiger partial charge in [0.25, 0.3) is 0 Å². The summed E-state index contributed by atoms with van der Waals surface area (Å²) in [4.78, 5) is 26.8. The third-order valence-electron chi connectivity index (χ3n) is 4.86. The van der Waals surface area contributed by atoms with E-state index in [2.05, 4.69) is 0 Å². The van der Waals surface area contributed by atoms with Crippen molar-refractivity contribution in [3.05, 3.63) is 64.8 Å². The second kappa shape index (κ2) is 9.41. The topological polar surface area (TPSA) is 56.5 Å². The van der Waals surface area contributed by atoms with Crippen LogP contribution in [0.15, 0.2) is 53.3 Å². The predicted molar refractivity (Wildman–Crippen MR) is 111 cm³/mol. The van der Waals surface area contributed by atoms with Crippen LogP contribution in [0.25, 0.3) is 11.0 Å². The van der Waals surface area contributed by atoms with Crippen LogP contribution in [0.2, 0.25) is 0 Å². The highest BCUT2D eigenvalue weighted by molar-refractivity contribution is 5.78. The Morgan fingerprint density at radius 3 is 2.28 bits per heavy atom. The van der Waals surface area contributed by atoms with Gasteiger partial charge in [-0.15, -0.1) is 0 Å². The minimum absolute atomic E-state index is 0.0630. The van der Waals surface area contributed by atoms with Gasteiger partial charge >= 0.3 is 5.69 Å². The molecule has 7 heteroatoms. The summed E-state index contributed by atoms with van der Waals surface area (Å²) in [6, 6.07) is 13.4. The van der Waals surface area contributed by atoms with Crippen LogP contribution < -0.4 is 10.4 Å². The number of hydrogen-bond donors (Lipinski definition) is 0. The van der Waals surface area contributed by atoms with Crippen molar-refractivity contribution in [3.8, 4) is 5.75 Å². The van der Waals surface area contributed by atoms with Crippen molar-refractivity contribution in [2.75, 3.05) is 20.2 Å². The molecule has 0 saturated heterocycles. The Labute approximate surface area is 169 Å². The summed E-state index contributed by atoms with van der Waals surface area (Å²) in [6.45, 7) is 3.73. The van der Waals surface area contributed by atoms with E-state index < -0.39 is 0 Å².